The Morgan fingerprint density at radius 1 is 1.23 bits per heavy atom. The van der Waals surface area contributed by atoms with Gasteiger partial charge < -0.3 is 4.74 Å². The molecule has 0 aromatic carbocycles. The molecule has 0 saturated heterocycles. The second-order valence-corrected chi connectivity index (χ2v) is 7.80. The quantitative estimate of drug-likeness (QED) is 0.363. The molecular formula is C17H18N4O3S2. The highest BCUT2D eigenvalue weighted by atomic mass is 32.2. The van der Waals surface area contributed by atoms with E-state index in [0.717, 1.165) is 16.1 Å². The molecule has 3 rings (SSSR count). The molecule has 0 N–H and O–H groups in total. The van der Waals surface area contributed by atoms with Crippen molar-refractivity contribution < 1.29 is 14.3 Å². The number of carbonyl (C=O) groups excluding carboxylic acids is 2. The maximum absolute atomic E-state index is 12.2. The van der Waals surface area contributed by atoms with Crippen molar-refractivity contribution in [1.82, 2.24) is 19.6 Å². The minimum atomic E-state index is -0.468. The lowest BCUT2D eigenvalue weighted by Gasteiger charge is -2.10. The highest BCUT2D eigenvalue weighted by Crippen LogP contribution is 2.18. The maximum atomic E-state index is 12.2. The summed E-state index contributed by atoms with van der Waals surface area (Å²) >= 11 is 2.82. The Bertz CT molecular complexity index is 993. The normalized spacial score (nSPS) is 11.1. The second-order valence-electron chi connectivity index (χ2n) is 5.74. The summed E-state index contributed by atoms with van der Waals surface area (Å²) in [5.41, 5.74) is 2.23. The molecular weight excluding hydrogens is 372 g/mol. The average molecular weight is 390 g/mol. The third kappa shape index (κ3) is 3.78. The van der Waals surface area contributed by atoms with E-state index in [-0.39, 0.29) is 18.8 Å². The summed E-state index contributed by atoms with van der Waals surface area (Å²) in [5, 5.41) is 4.98. The van der Waals surface area contributed by atoms with Gasteiger partial charge in [0.05, 0.1) is 11.3 Å². The molecule has 7 nitrogen and oxygen atoms in total. The summed E-state index contributed by atoms with van der Waals surface area (Å²) in [6.45, 7) is 5.35. The largest absolute Gasteiger partial charge is 0.457 e. The number of nitrogens with zero attached hydrogens (tertiary/aromatic N) is 4. The zero-order valence-corrected chi connectivity index (χ0v) is 16.5. The first-order valence-electron chi connectivity index (χ1n) is 7.91. The topological polar surface area (TPSA) is 86.5 Å². The standard InChI is InChI=1S/C17H18N4O3S2/c1-9-5-6-14(26-9)13(22)8-24-15(23)7-12-10(2)18-16-19-17(25-4)20-21(16)11(12)3/h5-6H,7-8H2,1-4H3. The Hall–Kier alpha value is -2.26. The predicted molar refractivity (Wildman–Crippen MR) is 100 cm³/mol. The fourth-order valence-electron chi connectivity index (χ4n) is 2.53. The zero-order chi connectivity index (χ0) is 18.8. The molecule has 0 aliphatic rings. The van der Waals surface area contributed by atoms with E-state index in [9.17, 15) is 9.59 Å². The van der Waals surface area contributed by atoms with Crippen LogP contribution < -0.4 is 0 Å². The van der Waals surface area contributed by atoms with Crippen molar-refractivity contribution in [1.29, 1.82) is 0 Å². The molecule has 0 spiro atoms. The van der Waals surface area contributed by atoms with Crippen molar-refractivity contribution >= 4 is 40.6 Å². The predicted octanol–water partition coefficient (Wildman–Crippen LogP) is 2.80. The molecule has 0 radical (unpaired) electrons. The molecule has 0 atom stereocenters. The molecule has 0 unspecified atom stereocenters. The summed E-state index contributed by atoms with van der Waals surface area (Å²) in [4.78, 5) is 34.6. The zero-order valence-electron chi connectivity index (χ0n) is 14.9. The van der Waals surface area contributed by atoms with Crippen LogP contribution in [0.4, 0.5) is 0 Å². The van der Waals surface area contributed by atoms with Crippen LogP contribution in [0.1, 0.15) is 31.5 Å². The monoisotopic (exact) mass is 390 g/mol. The lowest BCUT2D eigenvalue weighted by Crippen LogP contribution is -2.17. The summed E-state index contributed by atoms with van der Waals surface area (Å²) < 4.78 is 6.79. The molecule has 136 valence electrons. The van der Waals surface area contributed by atoms with Gasteiger partial charge in [0.25, 0.3) is 5.78 Å². The summed E-state index contributed by atoms with van der Waals surface area (Å²) in [6, 6.07) is 3.62. The van der Waals surface area contributed by atoms with E-state index >= 15 is 0 Å². The molecule has 3 aromatic rings. The fourth-order valence-corrected chi connectivity index (χ4v) is 3.66. The van der Waals surface area contributed by atoms with Gasteiger partial charge in [-0.3, -0.25) is 9.59 Å². The van der Waals surface area contributed by atoms with Crippen LogP contribution in [-0.2, 0) is 16.0 Å². The molecule has 3 aromatic heterocycles. The number of esters is 1. The van der Waals surface area contributed by atoms with Crippen molar-refractivity contribution in [3.63, 3.8) is 0 Å². The Morgan fingerprint density at radius 3 is 2.65 bits per heavy atom. The molecule has 3 heterocycles. The average Bonchev–Trinajstić information content (AvgIpc) is 3.22. The van der Waals surface area contributed by atoms with Crippen LogP contribution in [0.2, 0.25) is 0 Å². The first kappa shape index (κ1) is 18.5. The van der Waals surface area contributed by atoms with Crippen LogP contribution in [0.25, 0.3) is 5.78 Å². The third-order valence-corrected chi connectivity index (χ3v) is 5.49. The van der Waals surface area contributed by atoms with Crippen molar-refractivity contribution in [2.75, 3.05) is 12.9 Å². The number of rotatable bonds is 6. The number of aromatic nitrogens is 4. The van der Waals surface area contributed by atoms with Gasteiger partial charge in [0.15, 0.2) is 6.61 Å². The van der Waals surface area contributed by atoms with Crippen molar-refractivity contribution in [2.45, 2.75) is 32.3 Å². The molecule has 0 fully saturated rings. The van der Waals surface area contributed by atoms with Gasteiger partial charge in [-0.1, -0.05) is 11.8 Å². The van der Waals surface area contributed by atoms with Crippen LogP contribution in [0.5, 0.6) is 0 Å². The molecule has 0 saturated carbocycles. The number of ketones is 1. The van der Waals surface area contributed by atoms with Crippen molar-refractivity contribution in [2.24, 2.45) is 0 Å². The van der Waals surface area contributed by atoms with Crippen LogP contribution in [0.3, 0.4) is 0 Å². The number of ether oxygens (including phenoxy) is 1. The highest BCUT2D eigenvalue weighted by Gasteiger charge is 2.18. The number of thioether (sulfide) groups is 1. The summed E-state index contributed by atoms with van der Waals surface area (Å²) in [7, 11) is 0. The van der Waals surface area contributed by atoms with Gasteiger partial charge in [-0.15, -0.1) is 16.4 Å². The Kier molecular flexibility index (Phi) is 5.38. The van der Waals surface area contributed by atoms with E-state index in [1.54, 1.807) is 10.6 Å². The number of Topliss-reactive ketones (excluding diaryl/α,β-unsaturated/α-hetero) is 1. The maximum Gasteiger partial charge on any atom is 0.310 e. The number of hydrogen-bond acceptors (Lipinski definition) is 8. The first-order valence-corrected chi connectivity index (χ1v) is 9.95. The smallest absolute Gasteiger partial charge is 0.310 e. The van der Waals surface area contributed by atoms with Gasteiger partial charge in [-0.25, -0.2) is 9.50 Å². The third-order valence-electron chi connectivity index (χ3n) is 3.91. The molecule has 0 bridgehead atoms. The highest BCUT2D eigenvalue weighted by molar-refractivity contribution is 7.98. The minimum Gasteiger partial charge on any atom is -0.457 e. The van der Waals surface area contributed by atoms with Crippen LogP contribution in [0, 0.1) is 20.8 Å². The SMILES string of the molecule is CSc1nc2nc(C)c(CC(=O)OCC(=O)c3ccc(C)s3)c(C)n2n1. The van der Waals surface area contributed by atoms with Gasteiger partial charge in [-0.2, -0.15) is 4.98 Å². The molecule has 0 aliphatic heterocycles. The molecule has 26 heavy (non-hydrogen) atoms. The molecule has 0 aliphatic carbocycles. The number of fused-ring (bicyclic) bond motifs is 1. The van der Waals surface area contributed by atoms with E-state index < -0.39 is 5.97 Å². The van der Waals surface area contributed by atoms with Crippen molar-refractivity contribution in [3.8, 4) is 0 Å². The number of hydrogen-bond donors (Lipinski definition) is 0. The lowest BCUT2D eigenvalue weighted by atomic mass is 10.1. The second kappa shape index (κ2) is 7.55. The lowest BCUT2D eigenvalue weighted by molar-refractivity contribution is -0.141. The van der Waals surface area contributed by atoms with Gasteiger partial charge in [-0.05, 0) is 39.2 Å². The number of thiophene rings is 1. The van der Waals surface area contributed by atoms with Gasteiger partial charge in [0.2, 0.25) is 10.9 Å². The van der Waals surface area contributed by atoms with Crippen molar-refractivity contribution in [3.05, 3.63) is 38.8 Å². The van der Waals surface area contributed by atoms with Crippen LogP contribution >= 0.6 is 23.1 Å². The Balaban J connectivity index is 1.71. The van der Waals surface area contributed by atoms with Gasteiger partial charge in [0, 0.05) is 21.8 Å². The van der Waals surface area contributed by atoms with E-state index in [1.807, 2.05) is 33.1 Å². The number of aryl methyl sites for hydroxylation is 3. The van der Waals surface area contributed by atoms with E-state index in [4.69, 9.17) is 4.74 Å². The van der Waals surface area contributed by atoms with Crippen LogP contribution in [-0.4, -0.2) is 44.2 Å². The summed E-state index contributed by atoms with van der Waals surface area (Å²) in [5.74, 6) is -0.159. The van der Waals surface area contributed by atoms with E-state index in [0.29, 0.717) is 21.5 Å². The Morgan fingerprint density at radius 2 is 2.00 bits per heavy atom. The van der Waals surface area contributed by atoms with Crippen LogP contribution in [0.15, 0.2) is 17.3 Å². The van der Waals surface area contributed by atoms with Gasteiger partial charge in [0.1, 0.15) is 0 Å². The first-order chi connectivity index (χ1) is 12.4. The van der Waals surface area contributed by atoms with E-state index in [2.05, 4.69) is 15.1 Å². The Labute approximate surface area is 158 Å². The van der Waals surface area contributed by atoms with Gasteiger partial charge >= 0.3 is 5.97 Å². The molecule has 0 amide bonds. The summed E-state index contributed by atoms with van der Waals surface area (Å²) in [6.07, 6.45) is 1.92. The fraction of sp³-hybridized carbons (Fsp3) is 0.353. The van der Waals surface area contributed by atoms with E-state index in [1.165, 1.54) is 23.1 Å². The molecule has 9 heteroatoms. The number of carbonyl (C=O) groups is 2. The minimum absolute atomic E-state index is 0.0335.